The molecule has 1 aliphatic carbocycles. The average molecular weight is 284 g/mol. The summed E-state index contributed by atoms with van der Waals surface area (Å²) in [5, 5.41) is 0. The minimum Gasteiger partial charge on any atom is -0.497 e. The zero-order valence-corrected chi connectivity index (χ0v) is 13.1. The van der Waals surface area contributed by atoms with Gasteiger partial charge < -0.3 is 4.74 Å². The monoisotopic (exact) mass is 284 g/mol. The van der Waals surface area contributed by atoms with Gasteiger partial charge in [0.1, 0.15) is 12.0 Å². The highest BCUT2D eigenvalue weighted by molar-refractivity contribution is 5.72. The first-order chi connectivity index (χ1) is 10.2. The van der Waals surface area contributed by atoms with E-state index in [0.29, 0.717) is 5.57 Å². The predicted octanol–water partition coefficient (Wildman–Crippen LogP) is 4.83. The molecule has 0 saturated heterocycles. The zero-order chi connectivity index (χ0) is 15.5. The Balaban J connectivity index is 2.61. The Labute approximate surface area is 127 Å². The Morgan fingerprint density at radius 1 is 1.14 bits per heavy atom. The Bertz CT molecular complexity index is 526. The van der Waals surface area contributed by atoms with Gasteiger partial charge >= 0.3 is 0 Å². The van der Waals surface area contributed by atoms with Gasteiger partial charge in [-0.3, -0.25) is 4.79 Å². The van der Waals surface area contributed by atoms with Crippen LogP contribution in [0.15, 0.2) is 71.1 Å². The van der Waals surface area contributed by atoms with Crippen LogP contribution in [0.5, 0.6) is 0 Å². The molecule has 0 saturated carbocycles. The zero-order valence-electron chi connectivity index (χ0n) is 13.1. The van der Waals surface area contributed by atoms with Crippen molar-refractivity contribution in [3.05, 3.63) is 71.1 Å². The molecular formula is C19H24O2. The minimum atomic E-state index is 0.716. The maximum atomic E-state index is 10.4. The van der Waals surface area contributed by atoms with Gasteiger partial charge in [0.25, 0.3) is 0 Å². The van der Waals surface area contributed by atoms with E-state index < -0.39 is 0 Å². The van der Waals surface area contributed by atoms with Crippen LogP contribution in [0.4, 0.5) is 0 Å². The van der Waals surface area contributed by atoms with Crippen LogP contribution in [0, 0.1) is 0 Å². The van der Waals surface area contributed by atoms with E-state index in [2.05, 4.69) is 24.3 Å². The second-order valence-corrected chi connectivity index (χ2v) is 5.04. The fraction of sp³-hybridized carbons (Fsp3) is 0.316. The summed E-state index contributed by atoms with van der Waals surface area (Å²) >= 11 is 0. The summed E-state index contributed by atoms with van der Waals surface area (Å²) in [6, 6.07) is 0. The van der Waals surface area contributed by atoms with E-state index in [-0.39, 0.29) is 0 Å². The predicted molar refractivity (Wildman–Crippen MR) is 88.9 cm³/mol. The number of carbonyl (C=O) groups is 1. The number of methoxy groups -OCH3 is 1. The van der Waals surface area contributed by atoms with Crippen molar-refractivity contribution in [3.63, 3.8) is 0 Å². The topological polar surface area (TPSA) is 26.3 Å². The molecule has 0 amide bonds. The van der Waals surface area contributed by atoms with Gasteiger partial charge in [-0.25, -0.2) is 0 Å². The largest absolute Gasteiger partial charge is 0.497 e. The molecule has 2 nitrogen and oxygen atoms in total. The van der Waals surface area contributed by atoms with Crippen molar-refractivity contribution in [2.75, 3.05) is 7.11 Å². The molecule has 1 rings (SSSR count). The third-order valence-electron chi connectivity index (χ3n) is 3.19. The van der Waals surface area contributed by atoms with E-state index >= 15 is 0 Å². The number of hydrogen-bond donors (Lipinski definition) is 0. The minimum absolute atomic E-state index is 0.716. The molecule has 0 aromatic rings. The first-order valence-electron chi connectivity index (χ1n) is 7.26. The quantitative estimate of drug-likeness (QED) is 0.396. The Kier molecular flexibility index (Phi) is 7.88. The Morgan fingerprint density at radius 2 is 1.86 bits per heavy atom. The van der Waals surface area contributed by atoms with E-state index in [4.69, 9.17) is 4.74 Å². The molecule has 112 valence electrons. The molecule has 0 spiro atoms. The summed E-state index contributed by atoms with van der Waals surface area (Å²) in [4.78, 5) is 10.4. The summed E-state index contributed by atoms with van der Waals surface area (Å²) in [7, 11) is 1.72. The van der Waals surface area contributed by atoms with Gasteiger partial charge in [0.15, 0.2) is 0 Å². The molecule has 2 heteroatoms. The molecular weight excluding hydrogens is 260 g/mol. The normalized spacial score (nSPS) is 19.4. The standard InChI is InChI=1S/C19H24O2/c1-16(9-4-5-10-17(2)15-20)11-8-13-18-12-6-7-14-19(18)21-3/h4-5,8-11,13-15H,6-7,12H2,1-3H3/b5-4+,11-8+,16-9+,17-10+,18-13+. The summed E-state index contributed by atoms with van der Waals surface area (Å²) in [5.74, 6) is 1.00. The second-order valence-electron chi connectivity index (χ2n) is 5.04. The second kappa shape index (κ2) is 9.76. The van der Waals surface area contributed by atoms with Crippen molar-refractivity contribution >= 4 is 6.29 Å². The lowest BCUT2D eigenvalue weighted by Crippen LogP contribution is -1.98. The summed E-state index contributed by atoms with van der Waals surface area (Å²) < 4.78 is 5.37. The number of allylic oxidation sites excluding steroid dienone is 11. The molecule has 0 bridgehead atoms. The highest BCUT2D eigenvalue weighted by Crippen LogP contribution is 2.24. The van der Waals surface area contributed by atoms with E-state index in [9.17, 15) is 4.79 Å². The third kappa shape index (κ3) is 6.75. The van der Waals surface area contributed by atoms with Gasteiger partial charge in [0.05, 0.1) is 7.11 Å². The van der Waals surface area contributed by atoms with Crippen molar-refractivity contribution < 1.29 is 9.53 Å². The lowest BCUT2D eigenvalue weighted by atomic mass is 9.99. The average Bonchev–Trinajstić information content (AvgIpc) is 2.51. The molecule has 0 fully saturated rings. The van der Waals surface area contributed by atoms with E-state index in [1.807, 2.05) is 25.2 Å². The van der Waals surface area contributed by atoms with Crippen LogP contribution < -0.4 is 0 Å². The van der Waals surface area contributed by atoms with Crippen molar-refractivity contribution in [2.45, 2.75) is 33.1 Å². The van der Waals surface area contributed by atoms with Gasteiger partial charge in [-0.05, 0) is 50.3 Å². The van der Waals surface area contributed by atoms with Crippen LogP contribution in [0.25, 0.3) is 0 Å². The summed E-state index contributed by atoms with van der Waals surface area (Å²) in [6.07, 6.45) is 20.2. The van der Waals surface area contributed by atoms with Gasteiger partial charge in [-0.1, -0.05) is 48.1 Å². The van der Waals surface area contributed by atoms with Gasteiger partial charge in [-0.15, -0.1) is 0 Å². The third-order valence-corrected chi connectivity index (χ3v) is 3.19. The van der Waals surface area contributed by atoms with Crippen LogP contribution in [-0.2, 0) is 9.53 Å². The van der Waals surface area contributed by atoms with Crippen molar-refractivity contribution in [3.8, 4) is 0 Å². The van der Waals surface area contributed by atoms with E-state index in [1.165, 1.54) is 12.0 Å². The summed E-state index contributed by atoms with van der Waals surface area (Å²) in [5.41, 5.74) is 3.13. The maximum absolute atomic E-state index is 10.4. The fourth-order valence-corrected chi connectivity index (χ4v) is 1.99. The highest BCUT2D eigenvalue weighted by Gasteiger charge is 2.08. The van der Waals surface area contributed by atoms with Crippen LogP contribution in [0.2, 0.25) is 0 Å². The molecule has 0 unspecified atom stereocenters. The number of aldehydes is 1. The molecule has 0 heterocycles. The van der Waals surface area contributed by atoms with Crippen molar-refractivity contribution in [1.82, 2.24) is 0 Å². The fourth-order valence-electron chi connectivity index (χ4n) is 1.99. The van der Waals surface area contributed by atoms with Crippen LogP contribution in [-0.4, -0.2) is 13.4 Å². The highest BCUT2D eigenvalue weighted by atomic mass is 16.5. The number of ether oxygens (including phenoxy) is 1. The van der Waals surface area contributed by atoms with Gasteiger partial charge in [0.2, 0.25) is 0 Å². The van der Waals surface area contributed by atoms with E-state index in [1.54, 1.807) is 20.1 Å². The molecule has 21 heavy (non-hydrogen) atoms. The molecule has 0 aromatic heterocycles. The van der Waals surface area contributed by atoms with E-state index in [0.717, 1.165) is 30.5 Å². The first kappa shape index (κ1) is 17.0. The lowest BCUT2D eigenvalue weighted by Gasteiger charge is -2.14. The van der Waals surface area contributed by atoms with Crippen LogP contribution in [0.3, 0.4) is 0 Å². The molecule has 0 N–H and O–H groups in total. The number of carbonyl (C=O) groups excluding carboxylic acids is 1. The number of hydrogen-bond acceptors (Lipinski definition) is 2. The molecule has 0 atom stereocenters. The van der Waals surface area contributed by atoms with Crippen LogP contribution in [0.1, 0.15) is 33.1 Å². The first-order valence-corrected chi connectivity index (χ1v) is 7.26. The summed E-state index contributed by atoms with van der Waals surface area (Å²) in [6.45, 7) is 3.83. The molecule has 0 aliphatic heterocycles. The lowest BCUT2D eigenvalue weighted by molar-refractivity contribution is -0.104. The number of rotatable bonds is 6. The van der Waals surface area contributed by atoms with Gasteiger partial charge in [-0.2, -0.15) is 0 Å². The SMILES string of the molecule is COC1=CCCC\C1=C/C=C/C(C)=C/C=C/C=C(\C)C=O. The maximum Gasteiger partial charge on any atom is 0.145 e. The van der Waals surface area contributed by atoms with Crippen molar-refractivity contribution in [1.29, 1.82) is 0 Å². The Hall–Kier alpha value is -2.09. The smallest absolute Gasteiger partial charge is 0.145 e. The Morgan fingerprint density at radius 3 is 2.52 bits per heavy atom. The molecule has 0 aromatic carbocycles. The van der Waals surface area contributed by atoms with Crippen molar-refractivity contribution in [2.24, 2.45) is 0 Å². The molecule has 0 radical (unpaired) electrons. The van der Waals surface area contributed by atoms with Gasteiger partial charge in [0, 0.05) is 0 Å². The van der Waals surface area contributed by atoms with Crippen LogP contribution >= 0.6 is 0 Å². The molecule has 1 aliphatic rings.